The van der Waals surface area contributed by atoms with E-state index in [1.54, 1.807) is 0 Å². The molecule has 0 heterocycles. The topological polar surface area (TPSA) is 55.1 Å². The summed E-state index contributed by atoms with van der Waals surface area (Å²) in [6.45, 7) is 0. The number of rotatable bonds is 2. The average Bonchev–Trinajstić information content (AvgIpc) is 2.39. The number of benzene rings is 2. The van der Waals surface area contributed by atoms with Crippen LogP contribution < -0.4 is 11.1 Å². The van der Waals surface area contributed by atoms with Gasteiger partial charge in [-0.15, -0.1) is 0 Å². The van der Waals surface area contributed by atoms with Crippen molar-refractivity contribution in [3.8, 4) is 0 Å². The highest BCUT2D eigenvalue weighted by atomic mass is 35.5. The predicted molar refractivity (Wildman–Crippen MR) is 80.2 cm³/mol. The Balaban J connectivity index is 2.33. The summed E-state index contributed by atoms with van der Waals surface area (Å²) in [6, 6.07) is 6.75. The van der Waals surface area contributed by atoms with Crippen LogP contribution in [-0.4, -0.2) is 5.91 Å². The number of amides is 1. The first-order valence-electron chi connectivity index (χ1n) is 5.40. The molecule has 0 saturated heterocycles. The van der Waals surface area contributed by atoms with Crippen LogP contribution in [0.25, 0.3) is 0 Å². The maximum Gasteiger partial charge on any atom is 0.257 e. The summed E-state index contributed by atoms with van der Waals surface area (Å²) in [4.78, 5) is 12.0. The predicted octanol–water partition coefficient (Wildman–Crippen LogP) is 4.62. The third-order valence-corrected chi connectivity index (χ3v) is 3.59. The maximum atomic E-state index is 13.3. The summed E-state index contributed by atoms with van der Waals surface area (Å²) in [6.07, 6.45) is 0. The van der Waals surface area contributed by atoms with E-state index >= 15 is 0 Å². The van der Waals surface area contributed by atoms with Gasteiger partial charge in [0.15, 0.2) is 0 Å². The minimum absolute atomic E-state index is 0.00661. The number of nitrogens with one attached hydrogen (secondary N) is 1. The van der Waals surface area contributed by atoms with Crippen molar-refractivity contribution in [1.82, 2.24) is 0 Å². The Kier molecular flexibility index (Phi) is 4.38. The molecule has 0 aliphatic carbocycles. The summed E-state index contributed by atoms with van der Waals surface area (Å²) in [7, 11) is 0. The molecule has 0 aliphatic heterocycles. The number of carbonyl (C=O) groups is 1. The van der Waals surface area contributed by atoms with Gasteiger partial charge in [-0.1, -0.05) is 40.9 Å². The van der Waals surface area contributed by atoms with Crippen LogP contribution in [0, 0.1) is 5.82 Å². The fourth-order valence-corrected chi connectivity index (χ4v) is 2.14. The molecule has 3 nitrogen and oxygen atoms in total. The summed E-state index contributed by atoms with van der Waals surface area (Å²) in [5.41, 5.74) is 5.54. The van der Waals surface area contributed by atoms with Crippen molar-refractivity contribution in [1.29, 1.82) is 0 Å². The number of nitrogens with two attached hydrogens (primary N) is 1. The van der Waals surface area contributed by atoms with E-state index in [0.717, 1.165) is 6.07 Å². The zero-order valence-electron chi connectivity index (χ0n) is 9.88. The van der Waals surface area contributed by atoms with Crippen molar-refractivity contribution in [3.63, 3.8) is 0 Å². The van der Waals surface area contributed by atoms with E-state index in [0.29, 0.717) is 0 Å². The molecule has 3 N–H and O–H groups in total. The SMILES string of the molecule is Nc1c(F)cccc1C(=O)Nc1cc(Cl)c(Cl)cc1Cl. The first kappa shape index (κ1) is 14.9. The molecule has 0 saturated carbocycles. The maximum absolute atomic E-state index is 13.3. The molecule has 2 aromatic rings. The molecule has 0 unspecified atom stereocenters. The van der Waals surface area contributed by atoms with Gasteiger partial charge in [0.05, 0.1) is 32.0 Å². The lowest BCUT2D eigenvalue weighted by molar-refractivity contribution is 0.102. The van der Waals surface area contributed by atoms with E-state index in [4.69, 9.17) is 40.5 Å². The van der Waals surface area contributed by atoms with Crippen LogP contribution in [0.3, 0.4) is 0 Å². The summed E-state index contributed by atoms with van der Waals surface area (Å²) < 4.78 is 13.3. The van der Waals surface area contributed by atoms with E-state index in [1.807, 2.05) is 0 Å². The molecule has 0 spiro atoms. The van der Waals surface area contributed by atoms with Gasteiger partial charge in [-0.2, -0.15) is 0 Å². The Hall–Kier alpha value is -1.49. The van der Waals surface area contributed by atoms with Crippen LogP contribution in [0.1, 0.15) is 10.4 Å². The van der Waals surface area contributed by atoms with Gasteiger partial charge in [0.2, 0.25) is 0 Å². The molecule has 0 aliphatic rings. The monoisotopic (exact) mass is 332 g/mol. The van der Waals surface area contributed by atoms with Crippen LogP contribution in [0.5, 0.6) is 0 Å². The molecule has 0 bridgehead atoms. The number of anilines is 2. The average molecular weight is 334 g/mol. The van der Waals surface area contributed by atoms with E-state index in [9.17, 15) is 9.18 Å². The van der Waals surface area contributed by atoms with Gasteiger partial charge in [0.25, 0.3) is 5.91 Å². The minimum atomic E-state index is -0.669. The summed E-state index contributed by atoms with van der Waals surface area (Å²) in [5, 5.41) is 3.21. The van der Waals surface area contributed by atoms with Crippen LogP contribution in [0.15, 0.2) is 30.3 Å². The molecular weight excluding hydrogens is 326 g/mol. The van der Waals surface area contributed by atoms with Crippen LogP contribution in [-0.2, 0) is 0 Å². The van der Waals surface area contributed by atoms with Gasteiger partial charge in [0.1, 0.15) is 5.82 Å². The standard InChI is InChI=1S/C13H8Cl3FN2O/c14-7-4-9(16)11(5-8(7)15)19-13(20)6-2-1-3-10(17)12(6)18/h1-5H,18H2,(H,19,20). The van der Waals surface area contributed by atoms with Gasteiger partial charge >= 0.3 is 0 Å². The number of carbonyl (C=O) groups excluding carboxylic acids is 1. The van der Waals surface area contributed by atoms with Gasteiger partial charge in [-0.3, -0.25) is 4.79 Å². The van der Waals surface area contributed by atoms with Crippen molar-refractivity contribution in [2.45, 2.75) is 0 Å². The molecule has 0 atom stereocenters. The molecule has 0 fully saturated rings. The normalized spacial score (nSPS) is 10.4. The van der Waals surface area contributed by atoms with Crippen LogP contribution in [0.2, 0.25) is 15.1 Å². The van der Waals surface area contributed by atoms with Crippen molar-refractivity contribution in [2.24, 2.45) is 0 Å². The number of hydrogen-bond donors (Lipinski definition) is 2. The highest BCUT2D eigenvalue weighted by Crippen LogP contribution is 2.32. The van der Waals surface area contributed by atoms with Gasteiger partial charge < -0.3 is 11.1 Å². The fourth-order valence-electron chi connectivity index (χ4n) is 1.54. The second-order valence-corrected chi connectivity index (χ2v) is 5.12. The van der Waals surface area contributed by atoms with E-state index in [-0.39, 0.29) is 32.0 Å². The highest BCUT2D eigenvalue weighted by molar-refractivity contribution is 6.44. The molecule has 2 aromatic carbocycles. The van der Waals surface area contributed by atoms with E-state index < -0.39 is 11.7 Å². The van der Waals surface area contributed by atoms with E-state index in [1.165, 1.54) is 24.3 Å². The van der Waals surface area contributed by atoms with Crippen molar-refractivity contribution >= 4 is 52.1 Å². The zero-order valence-corrected chi connectivity index (χ0v) is 12.2. The Morgan fingerprint density at radius 1 is 1.10 bits per heavy atom. The minimum Gasteiger partial charge on any atom is -0.396 e. The van der Waals surface area contributed by atoms with Gasteiger partial charge in [-0.05, 0) is 24.3 Å². The largest absolute Gasteiger partial charge is 0.396 e. The lowest BCUT2D eigenvalue weighted by atomic mass is 10.1. The first-order valence-corrected chi connectivity index (χ1v) is 6.53. The number of hydrogen-bond acceptors (Lipinski definition) is 2. The highest BCUT2D eigenvalue weighted by Gasteiger charge is 2.15. The summed E-state index contributed by atoms with van der Waals surface area (Å²) in [5.74, 6) is -1.26. The van der Waals surface area contributed by atoms with Crippen molar-refractivity contribution in [3.05, 3.63) is 56.8 Å². The third-order valence-electron chi connectivity index (χ3n) is 2.56. The van der Waals surface area contributed by atoms with Gasteiger partial charge in [0, 0.05) is 0 Å². The Morgan fingerprint density at radius 3 is 2.45 bits per heavy atom. The van der Waals surface area contributed by atoms with Crippen LogP contribution in [0.4, 0.5) is 15.8 Å². The van der Waals surface area contributed by atoms with Gasteiger partial charge in [-0.25, -0.2) is 4.39 Å². The lowest BCUT2D eigenvalue weighted by Crippen LogP contribution is -2.15. The number of nitrogen functional groups attached to an aromatic ring is 1. The Labute approximate surface area is 129 Å². The second-order valence-electron chi connectivity index (χ2n) is 3.90. The molecule has 0 radical (unpaired) electrons. The van der Waals surface area contributed by atoms with Crippen molar-refractivity contribution in [2.75, 3.05) is 11.1 Å². The van der Waals surface area contributed by atoms with Crippen molar-refractivity contribution < 1.29 is 9.18 Å². The second kappa shape index (κ2) is 5.87. The molecule has 2 rings (SSSR count). The zero-order chi connectivity index (χ0) is 14.9. The lowest BCUT2D eigenvalue weighted by Gasteiger charge is -2.10. The van der Waals surface area contributed by atoms with Crippen LogP contribution >= 0.6 is 34.8 Å². The Bertz CT molecular complexity index is 692. The van der Waals surface area contributed by atoms with E-state index in [2.05, 4.69) is 5.32 Å². The molecule has 104 valence electrons. The number of para-hydroxylation sites is 1. The fraction of sp³-hybridized carbons (Fsp3) is 0. The number of halogens is 4. The molecule has 7 heteroatoms. The molecule has 20 heavy (non-hydrogen) atoms. The Morgan fingerprint density at radius 2 is 1.75 bits per heavy atom. The summed E-state index contributed by atoms with van der Waals surface area (Å²) >= 11 is 17.6. The molecular formula is C13H8Cl3FN2O. The smallest absolute Gasteiger partial charge is 0.257 e. The first-order chi connectivity index (χ1) is 9.40. The molecule has 1 amide bonds. The molecule has 0 aromatic heterocycles. The third kappa shape index (κ3) is 2.98. The quantitative estimate of drug-likeness (QED) is 0.622.